The van der Waals surface area contributed by atoms with Gasteiger partial charge in [0.1, 0.15) is 0 Å². The molecule has 2 aromatic carbocycles. The zero-order valence-corrected chi connectivity index (χ0v) is 26.1. The van der Waals surface area contributed by atoms with Gasteiger partial charge in [0.2, 0.25) is 11.8 Å². The van der Waals surface area contributed by atoms with Crippen LogP contribution in [0.3, 0.4) is 0 Å². The SMILES string of the molecule is COC(=O)Cc1ccc2c(c1)NC(=O)CCCCC[C@H](C(=O)N1CCC[C@@]3(C1)OC(=O)Nc1ccc(Cl)c(F)c13)c1cc-2ccn1. The van der Waals surface area contributed by atoms with Crippen LogP contribution in [0.25, 0.3) is 11.1 Å². The van der Waals surface area contributed by atoms with Gasteiger partial charge in [0, 0.05) is 30.4 Å². The number of carbonyl (C=O) groups excluding carboxylic acids is 4. The Hall–Kier alpha value is -4.51. The number of benzene rings is 2. The highest BCUT2D eigenvalue weighted by Crippen LogP contribution is 2.46. The van der Waals surface area contributed by atoms with Crippen LogP contribution in [0, 0.1) is 5.82 Å². The number of aromatic nitrogens is 1. The summed E-state index contributed by atoms with van der Waals surface area (Å²) in [5.41, 5.74) is 2.31. The van der Waals surface area contributed by atoms with E-state index in [0.717, 1.165) is 17.5 Å². The molecule has 0 unspecified atom stereocenters. The van der Waals surface area contributed by atoms with Crippen molar-refractivity contribution in [2.75, 3.05) is 30.8 Å². The Morgan fingerprint density at radius 2 is 1.93 bits per heavy atom. The van der Waals surface area contributed by atoms with Crippen LogP contribution in [0.4, 0.5) is 20.6 Å². The number of amides is 3. The number of halogens is 2. The molecule has 0 aliphatic carbocycles. The molecule has 2 atom stereocenters. The molecule has 1 spiro atoms. The topological polar surface area (TPSA) is 127 Å². The van der Waals surface area contributed by atoms with Crippen molar-refractivity contribution in [3.05, 3.63) is 76.3 Å². The fourth-order valence-electron chi connectivity index (χ4n) is 6.71. The van der Waals surface area contributed by atoms with Crippen LogP contribution in [0.5, 0.6) is 0 Å². The Balaban J connectivity index is 1.35. The first-order chi connectivity index (χ1) is 22.2. The Labute approximate surface area is 270 Å². The van der Waals surface area contributed by atoms with Crippen LogP contribution >= 0.6 is 11.6 Å². The standard InChI is InChI=1S/C34H34ClFN4O6/c1-45-29(42)17-20-8-9-22-21-12-14-37-26(18-21)23(6-3-2-4-7-28(41)38-27(22)16-20)32(43)40-15-5-13-34(19-40)30-25(39-33(44)46-34)11-10-24(35)31(30)36/h8-12,14,16,18,23H,2-7,13,15,17,19H2,1H3,(H,38,41)(H,39,44)/t23-,34-/m0/s1. The number of fused-ring (bicyclic) bond motifs is 6. The van der Waals surface area contributed by atoms with Crippen LogP contribution in [0.2, 0.25) is 5.02 Å². The van der Waals surface area contributed by atoms with Gasteiger partial charge in [-0.3, -0.25) is 24.7 Å². The quantitative estimate of drug-likeness (QED) is 0.318. The molecule has 10 nitrogen and oxygen atoms in total. The second-order valence-electron chi connectivity index (χ2n) is 12.0. The number of carbonyl (C=O) groups is 4. The Bertz CT molecular complexity index is 1720. The molecule has 3 aliphatic heterocycles. The molecule has 1 aromatic heterocycles. The van der Waals surface area contributed by atoms with Gasteiger partial charge in [-0.05, 0) is 67.1 Å². The Kier molecular flexibility index (Phi) is 8.95. The van der Waals surface area contributed by atoms with Gasteiger partial charge in [-0.25, -0.2) is 9.18 Å². The molecule has 4 heterocycles. The summed E-state index contributed by atoms with van der Waals surface area (Å²) in [5, 5.41) is 5.47. The van der Waals surface area contributed by atoms with Crippen molar-refractivity contribution in [2.24, 2.45) is 0 Å². The van der Waals surface area contributed by atoms with Crippen LogP contribution in [0.1, 0.15) is 67.7 Å². The normalized spacial score (nSPS) is 21.3. The predicted molar refractivity (Wildman–Crippen MR) is 169 cm³/mol. The van der Waals surface area contributed by atoms with E-state index >= 15 is 4.39 Å². The van der Waals surface area contributed by atoms with Crippen molar-refractivity contribution in [1.82, 2.24) is 9.88 Å². The number of likely N-dealkylation sites (tertiary alicyclic amines) is 1. The van der Waals surface area contributed by atoms with Gasteiger partial charge >= 0.3 is 12.1 Å². The second-order valence-corrected chi connectivity index (χ2v) is 12.4. The fourth-order valence-corrected chi connectivity index (χ4v) is 6.86. The van der Waals surface area contributed by atoms with Crippen LogP contribution in [0.15, 0.2) is 48.7 Å². The average molecular weight is 649 g/mol. The molecule has 3 aromatic rings. The summed E-state index contributed by atoms with van der Waals surface area (Å²) in [6.45, 7) is 0.382. The molecule has 1 saturated heterocycles. The van der Waals surface area contributed by atoms with Crippen molar-refractivity contribution in [3.63, 3.8) is 0 Å². The number of nitrogens with one attached hydrogen (secondary N) is 2. The molecule has 6 rings (SSSR count). The maximum atomic E-state index is 15.5. The van der Waals surface area contributed by atoms with Crippen molar-refractivity contribution in [2.45, 2.75) is 62.9 Å². The molecule has 0 saturated carbocycles. The summed E-state index contributed by atoms with van der Waals surface area (Å²) in [7, 11) is 1.33. The van der Waals surface area contributed by atoms with E-state index in [-0.39, 0.29) is 41.1 Å². The van der Waals surface area contributed by atoms with E-state index in [2.05, 4.69) is 15.6 Å². The van der Waals surface area contributed by atoms with Crippen molar-refractivity contribution >= 4 is 46.9 Å². The number of methoxy groups -OCH3 is 1. The number of ether oxygens (including phenoxy) is 2. The summed E-state index contributed by atoms with van der Waals surface area (Å²) in [6.07, 6.45) is 4.62. The lowest BCUT2D eigenvalue weighted by Crippen LogP contribution is -2.54. The zero-order chi connectivity index (χ0) is 32.4. The third-order valence-electron chi connectivity index (χ3n) is 8.92. The first-order valence-electron chi connectivity index (χ1n) is 15.4. The molecular weight excluding hydrogens is 615 g/mol. The number of esters is 1. The van der Waals surface area contributed by atoms with Crippen LogP contribution in [-0.4, -0.2) is 54.0 Å². The molecule has 2 N–H and O–H groups in total. The first-order valence-corrected chi connectivity index (χ1v) is 15.8. The molecule has 1 fully saturated rings. The maximum absolute atomic E-state index is 15.5. The molecule has 3 amide bonds. The highest BCUT2D eigenvalue weighted by atomic mass is 35.5. The zero-order valence-electron chi connectivity index (χ0n) is 25.4. The summed E-state index contributed by atoms with van der Waals surface area (Å²) in [6, 6.07) is 12.0. The van der Waals surface area contributed by atoms with Gasteiger partial charge in [0.05, 0.1) is 48.0 Å². The van der Waals surface area contributed by atoms with Crippen molar-refractivity contribution < 1.29 is 33.0 Å². The van der Waals surface area contributed by atoms with E-state index in [1.165, 1.54) is 13.2 Å². The summed E-state index contributed by atoms with van der Waals surface area (Å²) < 4.78 is 26.1. The highest BCUT2D eigenvalue weighted by molar-refractivity contribution is 6.31. The van der Waals surface area contributed by atoms with Crippen molar-refractivity contribution in [1.29, 1.82) is 0 Å². The lowest BCUT2D eigenvalue weighted by atomic mass is 9.82. The van der Waals surface area contributed by atoms with Gasteiger partial charge in [-0.15, -0.1) is 0 Å². The Morgan fingerprint density at radius 3 is 2.76 bits per heavy atom. The first kappa shape index (κ1) is 31.5. The summed E-state index contributed by atoms with van der Waals surface area (Å²) in [5.74, 6) is -2.03. The van der Waals surface area contributed by atoms with Crippen LogP contribution in [-0.2, 0) is 35.9 Å². The summed E-state index contributed by atoms with van der Waals surface area (Å²) in [4.78, 5) is 58.1. The van der Waals surface area contributed by atoms with E-state index in [1.807, 2.05) is 18.2 Å². The van der Waals surface area contributed by atoms with Gasteiger partial charge in [-0.2, -0.15) is 0 Å². The number of anilines is 2. The number of rotatable bonds is 3. The molecule has 46 heavy (non-hydrogen) atoms. The Morgan fingerprint density at radius 1 is 1.09 bits per heavy atom. The smallest absolute Gasteiger partial charge is 0.412 e. The fraction of sp³-hybridized carbons (Fsp3) is 0.382. The highest BCUT2D eigenvalue weighted by Gasteiger charge is 2.49. The lowest BCUT2D eigenvalue weighted by Gasteiger charge is -2.45. The van der Waals surface area contributed by atoms with Crippen molar-refractivity contribution in [3.8, 4) is 11.1 Å². The van der Waals surface area contributed by atoms with E-state index in [0.29, 0.717) is 62.0 Å². The molecule has 240 valence electrons. The lowest BCUT2D eigenvalue weighted by molar-refractivity contribution is -0.141. The monoisotopic (exact) mass is 648 g/mol. The third-order valence-corrected chi connectivity index (χ3v) is 9.21. The molecule has 0 radical (unpaired) electrons. The molecule has 2 bridgehead atoms. The predicted octanol–water partition coefficient (Wildman–Crippen LogP) is 6.32. The number of piperidine rings is 1. The number of pyridine rings is 1. The van der Waals surface area contributed by atoms with E-state index in [4.69, 9.17) is 21.1 Å². The summed E-state index contributed by atoms with van der Waals surface area (Å²) >= 11 is 6.15. The second kappa shape index (κ2) is 13.1. The average Bonchev–Trinajstić information content (AvgIpc) is 3.04. The molecular formula is C34H34ClFN4O6. The minimum absolute atomic E-state index is 0.0239. The number of hydrogen-bond donors (Lipinski definition) is 2. The molecule has 3 aliphatic rings. The van der Waals surface area contributed by atoms with E-state index < -0.39 is 29.4 Å². The van der Waals surface area contributed by atoms with E-state index in [1.54, 1.807) is 29.3 Å². The van der Waals surface area contributed by atoms with Crippen LogP contribution < -0.4 is 10.6 Å². The van der Waals surface area contributed by atoms with Gasteiger partial charge in [-0.1, -0.05) is 36.6 Å². The minimum Gasteiger partial charge on any atom is -0.469 e. The number of nitrogens with zero attached hydrogens (tertiary/aromatic N) is 2. The van der Waals surface area contributed by atoms with Gasteiger partial charge in [0.25, 0.3) is 0 Å². The third kappa shape index (κ3) is 6.28. The minimum atomic E-state index is -1.38. The van der Waals surface area contributed by atoms with E-state index in [9.17, 15) is 19.2 Å². The molecule has 12 heteroatoms. The van der Waals surface area contributed by atoms with Gasteiger partial charge in [0.15, 0.2) is 11.4 Å². The van der Waals surface area contributed by atoms with Gasteiger partial charge < -0.3 is 19.7 Å². The number of hydrogen-bond acceptors (Lipinski definition) is 7. The maximum Gasteiger partial charge on any atom is 0.412 e. The largest absolute Gasteiger partial charge is 0.469 e.